The first-order valence-corrected chi connectivity index (χ1v) is 9.23. The van der Waals surface area contributed by atoms with Gasteiger partial charge in [0.1, 0.15) is 5.75 Å². The fourth-order valence-electron chi connectivity index (χ4n) is 4.14. The first-order valence-electron chi connectivity index (χ1n) is 9.23. The van der Waals surface area contributed by atoms with Crippen LogP contribution in [0.15, 0.2) is 48.8 Å². The van der Waals surface area contributed by atoms with Crippen LogP contribution in [0.25, 0.3) is 0 Å². The van der Waals surface area contributed by atoms with Crippen LogP contribution in [0.5, 0.6) is 5.75 Å². The van der Waals surface area contributed by atoms with Gasteiger partial charge in [-0.05, 0) is 42.7 Å². The van der Waals surface area contributed by atoms with E-state index in [1.54, 1.807) is 31.6 Å². The van der Waals surface area contributed by atoms with E-state index in [1.165, 1.54) is 0 Å². The molecule has 0 saturated carbocycles. The van der Waals surface area contributed by atoms with E-state index in [0.29, 0.717) is 25.2 Å². The van der Waals surface area contributed by atoms with Crippen LogP contribution in [0.3, 0.4) is 0 Å². The van der Waals surface area contributed by atoms with Crippen LogP contribution in [0.4, 0.5) is 0 Å². The van der Waals surface area contributed by atoms with Crippen molar-refractivity contribution in [2.24, 2.45) is 5.41 Å². The van der Waals surface area contributed by atoms with Crippen molar-refractivity contribution < 1.29 is 14.3 Å². The minimum Gasteiger partial charge on any atom is -0.497 e. The highest BCUT2D eigenvalue weighted by atomic mass is 16.5. The minimum absolute atomic E-state index is 0.0201. The van der Waals surface area contributed by atoms with Crippen LogP contribution < -0.4 is 4.74 Å². The second-order valence-electron chi connectivity index (χ2n) is 7.32. The number of methoxy groups -OCH3 is 1. The molecular formula is C21H23N3O3. The van der Waals surface area contributed by atoms with E-state index in [0.717, 1.165) is 30.7 Å². The molecule has 2 aliphatic rings. The van der Waals surface area contributed by atoms with E-state index in [9.17, 15) is 9.59 Å². The van der Waals surface area contributed by atoms with E-state index in [4.69, 9.17) is 4.74 Å². The van der Waals surface area contributed by atoms with Crippen molar-refractivity contribution >= 4 is 11.8 Å². The van der Waals surface area contributed by atoms with Crippen LogP contribution in [-0.2, 0) is 11.3 Å². The zero-order chi connectivity index (χ0) is 18.9. The van der Waals surface area contributed by atoms with Crippen molar-refractivity contribution in [3.63, 3.8) is 0 Å². The largest absolute Gasteiger partial charge is 0.497 e. The molecule has 6 nitrogen and oxygen atoms in total. The number of aromatic nitrogens is 1. The molecule has 0 aliphatic carbocycles. The number of pyridine rings is 1. The van der Waals surface area contributed by atoms with Crippen molar-refractivity contribution in [3.05, 3.63) is 59.9 Å². The predicted molar refractivity (Wildman–Crippen MR) is 100 cm³/mol. The molecule has 0 bridgehead atoms. The van der Waals surface area contributed by atoms with Crippen LogP contribution in [0.2, 0.25) is 0 Å². The summed E-state index contributed by atoms with van der Waals surface area (Å²) in [6.07, 6.45) is 4.78. The van der Waals surface area contributed by atoms with Gasteiger partial charge >= 0.3 is 0 Å². The summed E-state index contributed by atoms with van der Waals surface area (Å²) >= 11 is 0. The third-order valence-electron chi connectivity index (χ3n) is 5.68. The van der Waals surface area contributed by atoms with Gasteiger partial charge < -0.3 is 14.5 Å². The maximum atomic E-state index is 13.1. The standard InChI is InChI=1S/C21H23N3O3/c1-27-18-4-2-3-16(13-18)14-23-11-7-21(20(23)26)8-12-24(15-21)19(25)17-5-9-22-10-6-17/h2-6,9-10,13H,7-8,11-12,14-15H2,1H3. The van der Waals surface area contributed by atoms with E-state index in [2.05, 4.69) is 4.98 Å². The summed E-state index contributed by atoms with van der Waals surface area (Å²) in [5.74, 6) is 0.938. The minimum atomic E-state index is -0.429. The molecule has 27 heavy (non-hydrogen) atoms. The summed E-state index contributed by atoms with van der Waals surface area (Å²) in [7, 11) is 1.64. The Bertz CT molecular complexity index is 855. The molecule has 3 heterocycles. The number of nitrogens with zero attached hydrogens (tertiary/aromatic N) is 3. The average Bonchev–Trinajstić information content (AvgIpc) is 3.28. The molecule has 1 aromatic carbocycles. The number of ether oxygens (including phenoxy) is 1. The van der Waals surface area contributed by atoms with E-state index < -0.39 is 5.41 Å². The highest BCUT2D eigenvalue weighted by Crippen LogP contribution is 2.41. The van der Waals surface area contributed by atoms with Gasteiger partial charge in [-0.2, -0.15) is 0 Å². The normalized spacial score (nSPS) is 21.9. The number of likely N-dealkylation sites (tertiary alicyclic amines) is 2. The number of rotatable bonds is 4. The Labute approximate surface area is 158 Å². The quantitative estimate of drug-likeness (QED) is 0.834. The van der Waals surface area contributed by atoms with Gasteiger partial charge in [0, 0.05) is 44.1 Å². The van der Waals surface area contributed by atoms with Gasteiger partial charge in [0.05, 0.1) is 12.5 Å². The maximum absolute atomic E-state index is 13.1. The molecule has 2 saturated heterocycles. The lowest BCUT2D eigenvalue weighted by atomic mass is 9.85. The zero-order valence-electron chi connectivity index (χ0n) is 15.4. The molecule has 2 aromatic rings. The summed E-state index contributed by atoms with van der Waals surface area (Å²) in [5, 5.41) is 0. The van der Waals surface area contributed by atoms with Crippen molar-refractivity contribution in [2.75, 3.05) is 26.7 Å². The van der Waals surface area contributed by atoms with Crippen LogP contribution >= 0.6 is 0 Å². The Morgan fingerprint density at radius 1 is 1.19 bits per heavy atom. The molecular weight excluding hydrogens is 342 g/mol. The Morgan fingerprint density at radius 3 is 2.74 bits per heavy atom. The zero-order valence-corrected chi connectivity index (χ0v) is 15.4. The first kappa shape index (κ1) is 17.5. The molecule has 1 aromatic heterocycles. The molecule has 2 aliphatic heterocycles. The number of hydrogen-bond donors (Lipinski definition) is 0. The number of carbonyl (C=O) groups is 2. The molecule has 1 unspecified atom stereocenters. The first-order chi connectivity index (χ1) is 13.1. The topological polar surface area (TPSA) is 62.7 Å². The van der Waals surface area contributed by atoms with Gasteiger partial charge in [0.15, 0.2) is 0 Å². The molecule has 4 rings (SSSR count). The van der Waals surface area contributed by atoms with Crippen LogP contribution in [0, 0.1) is 5.41 Å². The molecule has 2 amide bonds. The Hall–Kier alpha value is -2.89. The molecule has 1 atom stereocenters. The lowest BCUT2D eigenvalue weighted by Crippen LogP contribution is -2.38. The lowest BCUT2D eigenvalue weighted by Gasteiger charge is -2.24. The van der Waals surface area contributed by atoms with E-state index in [-0.39, 0.29) is 11.8 Å². The van der Waals surface area contributed by atoms with Gasteiger partial charge in [-0.3, -0.25) is 14.6 Å². The molecule has 6 heteroatoms. The molecule has 140 valence electrons. The van der Waals surface area contributed by atoms with Crippen molar-refractivity contribution in [3.8, 4) is 5.75 Å². The number of amides is 2. The highest BCUT2D eigenvalue weighted by Gasteiger charge is 2.51. The average molecular weight is 365 g/mol. The summed E-state index contributed by atoms with van der Waals surface area (Å²) in [4.78, 5) is 33.5. The SMILES string of the molecule is COc1cccc(CN2CCC3(CCN(C(=O)c4ccncc4)C3)C2=O)c1. The summed E-state index contributed by atoms with van der Waals surface area (Å²) in [6.45, 7) is 2.44. The number of benzene rings is 1. The Kier molecular flexibility index (Phi) is 4.56. The molecule has 0 radical (unpaired) electrons. The van der Waals surface area contributed by atoms with E-state index >= 15 is 0 Å². The monoisotopic (exact) mass is 365 g/mol. The molecule has 2 fully saturated rings. The lowest BCUT2D eigenvalue weighted by molar-refractivity contribution is -0.135. The third-order valence-corrected chi connectivity index (χ3v) is 5.68. The summed E-state index contributed by atoms with van der Waals surface area (Å²) in [6, 6.07) is 11.3. The second-order valence-corrected chi connectivity index (χ2v) is 7.32. The second kappa shape index (κ2) is 7.02. The smallest absolute Gasteiger partial charge is 0.253 e. The predicted octanol–water partition coefficient (Wildman–Crippen LogP) is 2.36. The van der Waals surface area contributed by atoms with Crippen molar-refractivity contribution in [1.29, 1.82) is 0 Å². The summed E-state index contributed by atoms with van der Waals surface area (Å²) in [5.41, 5.74) is 1.25. The summed E-state index contributed by atoms with van der Waals surface area (Å²) < 4.78 is 5.27. The van der Waals surface area contributed by atoms with Crippen molar-refractivity contribution in [2.45, 2.75) is 19.4 Å². The van der Waals surface area contributed by atoms with Gasteiger partial charge in [-0.15, -0.1) is 0 Å². The van der Waals surface area contributed by atoms with Crippen molar-refractivity contribution in [1.82, 2.24) is 14.8 Å². The fraction of sp³-hybridized carbons (Fsp3) is 0.381. The number of hydrogen-bond acceptors (Lipinski definition) is 4. The third kappa shape index (κ3) is 3.27. The molecule has 1 spiro atoms. The maximum Gasteiger partial charge on any atom is 0.253 e. The Balaban J connectivity index is 1.44. The van der Waals surface area contributed by atoms with E-state index in [1.807, 2.05) is 34.1 Å². The van der Waals surface area contributed by atoms with Gasteiger partial charge in [-0.1, -0.05) is 12.1 Å². The van der Waals surface area contributed by atoms with Gasteiger partial charge in [0.25, 0.3) is 5.91 Å². The number of carbonyl (C=O) groups excluding carboxylic acids is 2. The van der Waals surface area contributed by atoms with Crippen LogP contribution in [0.1, 0.15) is 28.8 Å². The van der Waals surface area contributed by atoms with Gasteiger partial charge in [0.2, 0.25) is 5.91 Å². The molecule has 0 N–H and O–H groups in total. The van der Waals surface area contributed by atoms with Crippen LogP contribution in [-0.4, -0.2) is 53.3 Å². The Morgan fingerprint density at radius 2 is 1.96 bits per heavy atom. The van der Waals surface area contributed by atoms with Gasteiger partial charge in [-0.25, -0.2) is 0 Å². The highest BCUT2D eigenvalue weighted by molar-refractivity contribution is 5.95. The fourth-order valence-corrected chi connectivity index (χ4v) is 4.14.